The summed E-state index contributed by atoms with van der Waals surface area (Å²) in [5, 5.41) is 8.81. The molecule has 1 atom stereocenters. The fraction of sp³-hybridized carbons (Fsp3) is 0.320. The first-order valence-electron chi connectivity index (χ1n) is 11.2. The van der Waals surface area contributed by atoms with Crippen LogP contribution in [0.15, 0.2) is 58.9 Å². The lowest BCUT2D eigenvalue weighted by molar-refractivity contribution is -0.136. The Labute approximate surface area is 212 Å². The Kier molecular flexibility index (Phi) is 7.97. The molecule has 1 N–H and O–H groups in total. The molecule has 35 heavy (non-hydrogen) atoms. The molecule has 0 fully saturated rings. The zero-order valence-electron chi connectivity index (χ0n) is 19.7. The Balaban J connectivity index is 1.61. The van der Waals surface area contributed by atoms with Crippen LogP contribution in [-0.2, 0) is 16.1 Å². The van der Waals surface area contributed by atoms with Crippen molar-refractivity contribution >= 4 is 35.3 Å². The standard InChI is InChI=1S/C25H26ClFN4O3S/c1-4-5-13-35-25-29-24-28-15(2)21(23(32)33-3)22(31(24)30-25)16-9-11-17(12-10-16)34-14-18-19(26)7-6-8-20(18)27/h6-12,22H,4-5,13-14H2,1-3H3,(H,28,29,30). The number of thioether (sulfide) groups is 1. The summed E-state index contributed by atoms with van der Waals surface area (Å²) in [6.07, 6.45) is 2.15. The van der Waals surface area contributed by atoms with Crippen molar-refractivity contribution in [3.05, 3.63) is 75.7 Å². The second-order valence-electron chi connectivity index (χ2n) is 7.98. The van der Waals surface area contributed by atoms with E-state index in [1.54, 1.807) is 40.7 Å². The second kappa shape index (κ2) is 11.1. The van der Waals surface area contributed by atoms with Crippen LogP contribution in [0, 0.1) is 5.82 Å². The maximum Gasteiger partial charge on any atom is 0.338 e. The molecule has 0 saturated heterocycles. The highest BCUT2D eigenvalue weighted by Crippen LogP contribution is 2.37. The van der Waals surface area contributed by atoms with E-state index in [0.717, 1.165) is 24.2 Å². The molecule has 2 aromatic carbocycles. The van der Waals surface area contributed by atoms with Gasteiger partial charge in [-0.2, -0.15) is 4.98 Å². The number of fused-ring (bicyclic) bond motifs is 1. The molecule has 4 rings (SSSR count). The quantitative estimate of drug-likeness (QED) is 0.212. The maximum atomic E-state index is 14.1. The maximum absolute atomic E-state index is 14.1. The molecule has 0 saturated carbocycles. The third-order valence-electron chi connectivity index (χ3n) is 5.61. The monoisotopic (exact) mass is 516 g/mol. The fourth-order valence-corrected chi connectivity index (χ4v) is 4.88. The number of unbranched alkanes of at least 4 members (excludes halogenated alkanes) is 1. The van der Waals surface area contributed by atoms with Crippen molar-refractivity contribution in [3.63, 3.8) is 0 Å². The number of rotatable bonds is 9. The van der Waals surface area contributed by atoms with Gasteiger partial charge in [0.25, 0.3) is 0 Å². The highest BCUT2D eigenvalue weighted by molar-refractivity contribution is 7.99. The van der Waals surface area contributed by atoms with Gasteiger partial charge in [0.2, 0.25) is 11.1 Å². The molecular formula is C25H26ClFN4O3S. The summed E-state index contributed by atoms with van der Waals surface area (Å²) in [4.78, 5) is 17.3. The normalized spacial score (nSPS) is 14.9. The van der Waals surface area contributed by atoms with Gasteiger partial charge < -0.3 is 14.8 Å². The molecule has 0 bridgehead atoms. The number of allylic oxidation sites excluding steroid dienone is 1. The molecule has 0 spiro atoms. The number of carbonyl (C=O) groups excluding carboxylic acids is 1. The first kappa shape index (κ1) is 25.1. The zero-order chi connectivity index (χ0) is 24.9. The van der Waals surface area contributed by atoms with E-state index < -0.39 is 17.8 Å². The molecule has 7 nitrogen and oxygen atoms in total. The Morgan fingerprint density at radius 3 is 2.71 bits per heavy atom. The fourth-order valence-electron chi connectivity index (χ4n) is 3.75. The largest absolute Gasteiger partial charge is 0.489 e. The lowest BCUT2D eigenvalue weighted by Gasteiger charge is -2.27. The average molecular weight is 517 g/mol. The summed E-state index contributed by atoms with van der Waals surface area (Å²) >= 11 is 7.68. The van der Waals surface area contributed by atoms with Crippen LogP contribution < -0.4 is 10.1 Å². The SMILES string of the molecule is CCCCSc1nc2n(n1)C(c1ccc(OCc3c(F)cccc3Cl)cc1)C(C(=O)OC)=C(C)N2. The number of anilines is 1. The number of esters is 1. The van der Waals surface area contributed by atoms with E-state index in [-0.39, 0.29) is 6.61 Å². The Morgan fingerprint density at radius 2 is 2.03 bits per heavy atom. The minimum absolute atomic E-state index is 0.00378. The molecule has 1 aliphatic heterocycles. The third kappa shape index (κ3) is 5.46. The van der Waals surface area contributed by atoms with E-state index in [2.05, 4.69) is 22.3 Å². The van der Waals surface area contributed by atoms with Crippen LogP contribution >= 0.6 is 23.4 Å². The first-order chi connectivity index (χ1) is 16.9. The predicted octanol–water partition coefficient (Wildman–Crippen LogP) is 6.00. The minimum Gasteiger partial charge on any atom is -0.489 e. The van der Waals surface area contributed by atoms with Crippen molar-refractivity contribution in [2.45, 2.75) is 44.5 Å². The summed E-state index contributed by atoms with van der Waals surface area (Å²) in [5.41, 5.74) is 2.20. The van der Waals surface area contributed by atoms with E-state index in [9.17, 15) is 9.18 Å². The Morgan fingerprint density at radius 1 is 1.26 bits per heavy atom. The van der Waals surface area contributed by atoms with Crippen molar-refractivity contribution in [2.24, 2.45) is 0 Å². The number of aromatic nitrogens is 3. The number of methoxy groups -OCH3 is 1. The van der Waals surface area contributed by atoms with Gasteiger partial charge >= 0.3 is 5.97 Å². The number of hydrogen-bond acceptors (Lipinski definition) is 7. The molecule has 1 aromatic heterocycles. The van der Waals surface area contributed by atoms with Gasteiger partial charge in [-0.1, -0.05) is 54.9 Å². The molecule has 0 aliphatic carbocycles. The van der Waals surface area contributed by atoms with E-state index in [1.165, 1.54) is 13.2 Å². The summed E-state index contributed by atoms with van der Waals surface area (Å²) < 4.78 is 26.6. The van der Waals surface area contributed by atoms with Crippen LogP contribution in [0.5, 0.6) is 5.75 Å². The number of hydrogen-bond donors (Lipinski definition) is 1. The van der Waals surface area contributed by atoms with Crippen LogP contribution in [0.3, 0.4) is 0 Å². The molecule has 2 heterocycles. The molecular weight excluding hydrogens is 491 g/mol. The van der Waals surface area contributed by atoms with Crippen LogP contribution in [0.2, 0.25) is 5.02 Å². The highest BCUT2D eigenvalue weighted by Gasteiger charge is 2.35. The number of nitrogens with one attached hydrogen (secondary N) is 1. The highest BCUT2D eigenvalue weighted by atomic mass is 35.5. The summed E-state index contributed by atoms with van der Waals surface area (Å²) in [5.74, 6) is 1.15. The van der Waals surface area contributed by atoms with Gasteiger partial charge in [-0.15, -0.1) is 5.10 Å². The lowest BCUT2D eigenvalue weighted by Crippen LogP contribution is -2.29. The van der Waals surface area contributed by atoms with Crippen LogP contribution in [-0.4, -0.2) is 33.6 Å². The van der Waals surface area contributed by atoms with Gasteiger partial charge in [-0.25, -0.2) is 13.9 Å². The number of ether oxygens (including phenoxy) is 2. The summed E-state index contributed by atoms with van der Waals surface area (Å²) in [7, 11) is 1.35. The number of halogens is 2. The van der Waals surface area contributed by atoms with Gasteiger partial charge in [0.1, 0.15) is 24.2 Å². The molecule has 10 heteroatoms. The molecule has 184 valence electrons. The molecule has 1 aliphatic rings. The van der Waals surface area contributed by atoms with Crippen molar-refractivity contribution in [2.75, 3.05) is 18.2 Å². The summed E-state index contributed by atoms with van der Waals surface area (Å²) in [6.45, 7) is 3.95. The minimum atomic E-state index is -0.526. The molecule has 3 aromatic rings. The van der Waals surface area contributed by atoms with Gasteiger partial charge in [0.05, 0.1) is 17.7 Å². The topological polar surface area (TPSA) is 78.3 Å². The Hall–Kier alpha value is -3.04. The van der Waals surface area contributed by atoms with E-state index in [0.29, 0.717) is 38.7 Å². The van der Waals surface area contributed by atoms with Crippen molar-refractivity contribution in [1.29, 1.82) is 0 Å². The van der Waals surface area contributed by atoms with Crippen LogP contribution in [0.25, 0.3) is 0 Å². The third-order valence-corrected chi connectivity index (χ3v) is 6.89. The Bertz CT molecular complexity index is 1230. The molecule has 1 unspecified atom stereocenters. The average Bonchev–Trinajstić information content (AvgIpc) is 3.25. The van der Waals surface area contributed by atoms with Crippen molar-refractivity contribution in [1.82, 2.24) is 14.8 Å². The van der Waals surface area contributed by atoms with E-state index in [4.69, 9.17) is 21.1 Å². The van der Waals surface area contributed by atoms with Crippen LogP contribution in [0.4, 0.5) is 10.3 Å². The zero-order valence-corrected chi connectivity index (χ0v) is 21.3. The number of benzene rings is 2. The summed E-state index contributed by atoms with van der Waals surface area (Å²) in [6, 6.07) is 11.2. The predicted molar refractivity (Wildman–Crippen MR) is 134 cm³/mol. The smallest absolute Gasteiger partial charge is 0.338 e. The van der Waals surface area contributed by atoms with Gasteiger partial charge in [-0.05, 0) is 43.2 Å². The van der Waals surface area contributed by atoms with E-state index in [1.807, 2.05) is 19.1 Å². The molecule has 0 radical (unpaired) electrons. The van der Waals surface area contributed by atoms with Crippen molar-refractivity contribution in [3.8, 4) is 5.75 Å². The molecule has 0 amide bonds. The van der Waals surface area contributed by atoms with Gasteiger partial charge in [0, 0.05) is 17.0 Å². The second-order valence-corrected chi connectivity index (χ2v) is 9.45. The van der Waals surface area contributed by atoms with Crippen molar-refractivity contribution < 1.29 is 18.7 Å². The number of nitrogens with zero attached hydrogens (tertiary/aromatic N) is 3. The van der Waals surface area contributed by atoms with Crippen LogP contribution in [0.1, 0.15) is 43.9 Å². The van der Waals surface area contributed by atoms with Gasteiger partial charge in [0.15, 0.2) is 0 Å². The van der Waals surface area contributed by atoms with Gasteiger partial charge in [-0.3, -0.25) is 0 Å². The van der Waals surface area contributed by atoms with E-state index >= 15 is 0 Å². The lowest BCUT2D eigenvalue weighted by atomic mass is 9.96. The first-order valence-corrected chi connectivity index (χ1v) is 12.6. The number of carbonyl (C=O) groups is 1.